The Morgan fingerprint density at radius 1 is 0.220 bits per heavy atom. The molecule has 0 radical (unpaired) electrons. The molecule has 0 aliphatic rings. The number of hydrogen-bond donors (Lipinski definition) is 19. The molecule has 0 aromatic heterocycles. The molecule has 0 spiro atoms. The molecular weight excluding hydrogens is 1490 g/mol. The van der Waals surface area contributed by atoms with Gasteiger partial charge >= 0.3 is 0 Å². The van der Waals surface area contributed by atoms with Crippen molar-refractivity contribution < 1.29 is 97.0 Å². The van der Waals surface area contributed by atoms with Crippen LogP contribution in [0, 0.1) is 23.7 Å². The summed E-state index contributed by atoms with van der Waals surface area (Å²) >= 11 is 0. The van der Waals surface area contributed by atoms with Crippen LogP contribution in [-0.2, 0) is 32.5 Å². The van der Waals surface area contributed by atoms with Crippen molar-refractivity contribution in [1.82, 2.24) is 0 Å². The lowest BCUT2D eigenvalue weighted by atomic mass is 9.68. The quantitative estimate of drug-likeness (QED) is 0.0213. The molecule has 0 saturated carbocycles. The van der Waals surface area contributed by atoms with E-state index in [1.54, 1.807) is 116 Å². The van der Waals surface area contributed by atoms with Crippen molar-refractivity contribution in [2.75, 3.05) is 66.1 Å². The van der Waals surface area contributed by atoms with Crippen LogP contribution in [0.4, 0.5) is 0 Å². The Balaban J connectivity index is 0.000000244. The SMILES string of the molecule is CC(C)(c1ccc(O)cc1)c1cc(C(C)(C)c2ccc(O)cc2)cc(C(C)(C)c2ccc(O)cc2)c1.CC(CO)(CO)CO.CC(c1ccc(O)cc1)(c1ccc(O)cc1)c1ccc(O)cc1.Cc1ccc(C(C)(CCCC(C)(c2ccc(O)cc2)c2ccc(O)cc2)c2ccc(O)cc2)cc1.OCC(CO)(CO)CO.OCC(CO)CO. The summed E-state index contributed by atoms with van der Waals surface area (Å²) in [6.45, 7) is 21.0. The third-order valence-corrected chi connectivity index (χ3v) is 23.0. The van der Waals surface area contributed by atoms with E-state index in [0.717, 1.165) is 63.8 Å². The second-order valence-electron chi connectivity index (χ2n) is 32.9. The predicted octanol–water partition coefficient (Wildman–Crippen LogP) is 15.0. The van der Waals surface area contributed by atoms with Crippen molar-refractivity contribution in [1.29, 1.82) is 0 Å². The first kappa shape index (κ1) is 96.1. The van der Waals surface area contributed by atoms with E-state index >= 15 is 0 Å². The summed E-state index contributed by atoms with van der Waals surface area (Å²) in [6, 6.07) is 81.7. The molecule has 0 aliphatic carbocycles. The molecule has 1 atom stereocenters. The van der Waals surface area contributed by atoms with E-state index in [-0.39, 0.29) is 124 Å². The average molecular weight is 1620 g/mol. The van der Waals surface area contributed by atoms with Crippen LogP contribution in [0.1, 0.15) is 166 Å². The van der Waals surface area contributed by atoms with Gasteiger partial charge in [-0.25, -0.2) is 0 Å². The van der Waals surface area contributed by atoms with Gasteiger partial charge in [0.1, 0.15) is 51.7 Å². The minimum absolute atomic E-state index is 0.146. The van der Waals surface area contributed by atoms with Crippen molar-refractivity contribution in [3.05, 3.63) is 339 Å². The molecule has 11 aromatic carbocycles. The molecule has 0 bridgehead atoms. The highest BCUT2D eigenvalue weighted by atomic mass is 16.3. The fraction of sp³-hybridized carbons (Fsp3) is 0.333. The Bertz CT molecular complexity index is 4230. The molecule has 19 nitrogen and oxygen atoms in total. The second-order valence-corrected chi connectivity index (χ2v) is 32.9. The van der Waals surface area contributed by atoms with Gasteiger partial charge in [0.15, 0.2) is 0 Å². The Labute approximate surface area is 694 Å². The van der Waals surface area contributed by atoms with Crippen molar-refractivity contribution >= 4 is 0 Å². The number of rotatable bonds is 27. The minimum Gasteiger partial charge on any atom is -0.508 e. The van der Waals surface area contributed by atoms with Gasteiger partial charge in [0.2, 0.25) is 0 Å². The van der Waals surface area contributed by atoms with Gasteiger partial charge in [-0.05, 0) is 208 Å². The number of aliphatic hydroxyl groups is 10. The topological polar surface area (TPSA) is 384 Å². The van der Waals surface area contributed by atoms with E-state index in [2.05, 4.69) is 112 Å². The standard InChI is InChI=1S/C33H36O3.C32H34O3.C20H18O3.C5H12O4.C5H12O3.C4H10O3/c1-31(2,22-7-13-28(34)14-8-22)25-19-26(32(3,4)23-9-15-29(35)16-10-23)21-27(20-25)33(5,6)24-11-17-30(36)18-12-24;1-23-5-7-24(8-6-23)31(2,25-9-15-28(33)16-10-25)21-4-22-32(3,26-11-17-29(34)18-12-26)27-13-19-30(35)20-14-27;1-20(14-2-8-17(21)9-3-14,15-4-10-18(22)11-5-15)16-6-12-19(23)13-7-16;6-1-5(2-7,3-8)4-9;1-5(2-6,3-7)4-8;5-1-4(2-6)3-7/h7-21,34-36H,1-6H3;5-20,33-35H,4,21-22H2,1-3H3;2-13,21-23H,1H3;6-9H,1-4H2;6-8H,2-4H2,1H3;4-7H,1-3H2. The third-order valence-electron chi connectivity index (χ3n) is 23.0. The molecule has 0 heterocycles. The highest BCUT2D eigenvalue weighted by Gasteiger charge is 2.37. The number of aromatic hydroxyl groups is 9. The van der Waals surface area contributed by atoms with E-state index < -0.39 is 42.7 Å². The van der Waals surface area contributed by atoms with Crippen LogP contribution in [0.2, 0.25) is 0 Å². The molecule has 19 N–H and O–H groups in total. The summed E-state index contributed by atoms with van der Waals surface area (Å²) in [4.78, 5) is 0. The van der Waals surface area contributed by atoms with Gasteiger partial charge in [-0.15, -0.1) is 0 Å². The summed E-state index contributed by atoms with van der Waals surface area (Å²) in [5, 5.41) is 172. The number of hydrogen-bond acceptors (Lipinski definition) is 19. The molecule has 0 aliphatic heterocycles. The smallest absolute Gasteiger partial charge is 0.115 e. The fourth-order valence-electron chi connectivity index (χ4n) is 13.5. The summed E-state index contributed by atoms with van der Waals surface area (Å²) in [6.07, 6.45) is 2.76. The van der Waals surface area contributed by atoms with Gasteiger partial charge in [-0.2, -0.15) is 0 Å². The molecular formula is C99H122O19. The normalized spacial score (nSPS) is 12.3. The Morgan fingerprint density at radius 2 is 0.398 bits per heavy atom. The van der Waals surface area contributed by atoms with Crippen molar-refractivity contribution in [3.63, 3.8) is 0 Å². The van der Waals surface area contributed by atoms with E-state index in [1.165, 1.54) is 33.4 Å². The molecule has 0 fully saturated rings. The zero-order valence-corrected chi connectivity index (χ0v) is 69.6. The van der Waals surface area contributed by atoms with Crippen LogP contribution in [0.5, 0.6) is 51.7 Å². The van der Waals surface area contributed by atoms with Crippen LogP contribution < -0.4 is 0 Å². The summed E-state index contributed by atoms with van der Waals surface area (Å²) < 4.78 is 0. The lowest BCUT2D eigenvalue weighted by Gasteiger charge is -2.35. The Kier molecular flexibility index (Phi) is 35.1. The Morgan fingerprint density at radius 3 is 0.551 bits per heavy atom. The van der Waals surface area contributed by atoms with Gasteiger partial charge in [0.05, 0.1) is 71.5 Å². The zero-order valence-electron chi connectivity index (χ0n) is 69.6. The number of phenols is 9. The Hall–Kier alpha value is -10.8. The zero-order chi connectivity index (χ0) is 87.5. The van der Waals surface area contributed by atoms with Gasteiger partial charge in [0.25, 0.3) is 0 Å². The van der Waals surface area contributed by atoms with Gasteiger partial charge < -0.3 is 97.0 Å². The van der Waals surface area contributed by atoms with Crippen molar-refractivity contribution in [2.45, 2.75) is 128 Å². The molecule has 0 saturated heterocycles. The van der Waals surface area contributed by atoms with Gasteiger partial charge in [-0.3, -0.25) is 0 Å². The maximum atomic E-state index is 9.87. The van der Waals surface area contributed by atoms with Crippen molar-refractivity contribution in [2.24, 2.45) is 16.7 Å². The molecule has 632 valence electrons. The highest BCUT2D eigenvalue weighted by molar-refractivity contribution is 5.55. The first-order valence-electron chi connectivity index (χ1n) is 39.3. The minimum atomic E-state index is -1.11. The number of aliphatic hydroxyl groups excluding tert-OH is 10. The van der Waals surface area contributed by atoms with E-state index in [1.807, 2.05) is 109 Å². The van der Waals surface area contributed by atoms with E-state index in [4.69, 9.17) is 51.1 Å². The first-order valence-corrected chi connectivity index (χ1v) is 39.3. The highest BCUT2D eigenvalue weighted by Crippen LogP contribution is 2.46. The number of phenolic OH excluding ortho intramolecular Hbond substituents is 9. The van der Waals surface area contributed by atoms with Gasteiger partial charge in [-0.1, -0.05) is 226 Å². The third kappa shape index (κ3) is 24.9. The second kappa shape index (κ2) is 43.1. The maximum Gasteiger partial charge on any atom is 0.115 e. The number of benzene rings is 11. The van der Waals surface area contributed by atoms with Crippen LogP contribution >= 0.6 is 0 Å². The van der Waals surface area contributed by atoms with E-state index in [9.17, 15) is 46.0 Å². The van der Waals surface area contributed by atoms with Crippen LogP contribution in [0.25, 0.3) is 0 Å². The fourth-order valence-corrected chi connectivity index (χ4v) is 13.5. The first-order chi connectivity index (χ1) is 55.8. The lowest BCUT2D eigenvalue weighted by molar-refractivity contribution is -0.0328. The molecule has 1 unspecified atom stereocenters. The molecule has 11 rings (SSSR count). The summed E-state index contributed by atoms with van der Waals surface area (Å²) in [5.41, 5.74) is 12.1. The summed E-state index contributed by atoms with van der Waals surface area (Å²) in [7, 11) is 0. The molecule has 0 amide bonds. The van der Waals surface area contributed by atoms with Crippen LogP contribution in [0.3, 0.4) is 0 Å². The molecule has 19 heteroatoms. The van der Waals surface area contributed by atoms with Crippen molar-refractivity contribution in [3.8, 4) is 51.7 Å². The van der Waals surface area contributed by atoms with Crippen LogP contribution in [0.15, 0.2) is 261 Å². The summed E-state index contributed by atoms with van der Waals surface area (Å²) in [5.74, 6) is 1.84. The molecule has 118 heavy (non-hydrogen) atoms. The lowest BCUT2D eigenvalue weighted by Crippen LogP contribution is -2.37. The maximum absolute atomic E-state index is 9.87. The average Bonchev–Trinajstić information content (AvgIpc) is 0.706. The monoisotopic (exact) mass is 1610 g/mol. The number of aryl methyl sites for hydroxylation is 1. The van der Waals surface area contributed by atoms with Gasteiger partial charge in [0, 0.05) is 43.8 Å². The molecule has 11 aromatic rings. The van der Waals surface area contributed by atoms with Crippen LogP contribution in [-0.4, -0.2) is 163 Å². The largest absolute Gasteiger partial charge is 0.508 e. The van der Waals surface area contributed by atoms with E-state index in [0.29, 0.717) is 0 Å². The predicted molar refractivity (Wildman–Crippen MR) is 464 cm³/mol.